The summed E-state index contributed by atoms with van der Waals surface area (Å²) in [4.78, 5) is 37.8. The molecule has 0 aliphatic heterocycles. The molecule has 2 unspecified atom stereocenters. The zero-order chi connectivity index (χ0) is 76.0. The molecular weight excluding hydrogens is 1300 g/mol. The lowest BCUT2D eigenvalue weighted by Crippen LogP contribution is -2.40. The first-order chi connectivity index (χ1) is 51.6. The van der Waals surface area contributed by atoms with Crippen LogP contribution in [0.3, 0.4) is 0 Å². The van der Waals surface area contributed by atoms with Crippen LogP contribution in [0, 0.1) is 0 Å². The molecule has 0 amide bonds. The number of carboxylic acids is 1. The lowest BCUT2D eigenvalue weighted by Gasteiger charge is -2.25. The highest BCUT2D eigenvalue weighted by Gasteiger charge is 2.25. The van der Waals surface area contributed by atoms with Crippen molar-refractivity contribution < 1.29 is 42.9 Å². The fourth-order valence-electron chi connectivity index (χ4n) is 13.2. The summed E-state index contributed by atoms with van der Waals surface area (Å²) in [6.45, 7) is 4.81. The Hall–Kier alpha value is -4.05. The van der Waals surface area contributed by atoms with Gasteiger partial charge in [-0.3, -0.25) is 9.59 Å². The van der Waals surface area contributed by atoms with Gasteiger partial charge >= 0.3 is 17.9 Å². The second kappa shape index (κ2) is 85.6. The smallest absolute Gasteiger partial charge is 0.361 e. The van der Waals surface area contributed by atoms with E-state index in [-0.39, 0.29) is 38.2 Å². The molecule has 0 aliphatic rings. The number of unbranched alkanes of at least 4 members (excludes halogenated alkanes) is 51. The molecule has 0 bridgehead atoms. The monoisotopic (exact) mass is 1470 g/mol. The maximum absolute atomic E-state index is 13.0. The van der Waals surface area contributed by atoms with Gasteiger partial charge < -0.3 is 28.5 Å². The molecule has 105 heavy (non-hydrogen) atoms. The molecule has 0 aromatic carbocycles. The topological polar surface area (TPSA) is 108 Å². The molecule has 9 heteroatoms. The van der Waals surface area contributed by atoms with Crippen LogP contribution in [0.15, 0.2) is 109 Å². The predicted molar refractivity (Wildman–Crippen MR) is 456 cm³/mol. The number of esters is 2. The van der Waals surface area contributed by atoms with E-state index in [0.29, 0.717) is 17.4 Å². The third-order valence-corrected chi connectivity index (χ3v) is 20.0. The SMILES string of the molecule is CC/C=C\C/C=C\C/C=C\C/C=C\C/C=C\C/C=C\CCCCCCCCCCCCCCCCCCCCCCCCC(=O)OC(COC(=O)CCCCCCCCCCCCCCCCCCCCCCCCCC/C=C\C/C=C\C/C=C\CCCCCCC)COC(OCC[N+](C)(C)C)C(=O)O. The largest absolute Gasteiger partial charge is 0.477 e. The summed E-state index contributed by atoms with van der Waals surface area (Å²) in [6.07, 6.45) is 119. The standard InChI is InChI=1S/C96H171NO8/c1-6-8-10-12-14-16-18-20-22-24-26-28-30-32-34-36-38-40-42-44-46-47-49-51-53-55-57-59-61-63-65-67-69-71-73-75-77-79-81-83-85-87-94(99)105-92(91-104-96(95(100)101)102-89-88-97(3,4)5)90-103-93(98)86-84-82-80-78-76-74-72-70-68-66-64-62-60-58-56-54-52-50-48-45-43-41-39-37-35-33-31-29-27-25-23-21-19-17-15-13-11-9-7-2/h8,10,14,16,19-22,25-28,31-34,38,40,92,96H,6-7,9,11-13,15,17-18,23-24,29-30,35-37,39,41-91H2,1-5H3/p+1/b10-8-,16-14-,21-19-,22-20-,27-25-,28-26-,33-31-,34-32-,40-38-. The Morgan fingerprint density at radius 2 is 0.543 bits per heavy atom. The number of hydrogen-bond acceptors (Lipinski definition) is 7. The molecule has 0 saturated carbocycles. The average molecular weight is 1470 g/mol. The third-order valence-electron chi connectivity index (χ3n) is 20.0. The van der Waals surface area contributed by atoms with Crippen molar-refractivity contribution in [2.75, 3.05) is 47.5 Å². The van der Waals surface area contributed by atoms with Crippen molar-refractivity contribution in [2.24, 2.45) is 0 Å². The van der Waals surface area contributed by atoms with E-state index in [1.54, 1.807) is 0 Å². The molecule has 0 aromatic heterocycles. The van der Waals surface area contributed by atoms with Crippen LogP contribution in [0.2, 0.25) is 0 Å². The van der Waals surface area contributed by atoms with E-state index < -0.39 is 18.4 Å². The fraction of sp³-hybridized carbons (Fsp3) is 0.781. The summed E-state index contributed by atoms with van der Waals surface area (Å²) in [7, 11) is 6.00. The Kier molecular flexibility index (Phi) is 82.3. The van der Waals surface area contributed by atoms with Crippen LogP contribution >= 0.6 is 0 Å². The first-order valence-electron chi connectivity index (χ1n) is 45.1. The first kappa shape index (κ1) is 101. The number of carboxylic acid groups (broad SMARTS) is 1. The maximum Gasteiger partial charge on any atom is 0.361 e. The molecule has 0 saturated heterocycles. The molecule has 0 radical (unpaired) electrons. The van der Waals surface area contributed by atoms with Gasteiger partial charge in [-0.05, 0) is 103 Å². The molecule has 0 heterocycles. The molecule has 0 aliphatic carbocycles. The number of carbonyl (C=O) groups is 3. The van der Waals surface area contributed by atoms with E-state index in [9.17, 15) is 19.5 Å². The summed E-state index contributed by atoms with van der Waals surface area (Å²) in [6, 6.07) is 0. The minimum absolute atomic E-state index is 0.179. The quantitative estimate of drug-likeness (QED) is 0.0211. The van der Waals surface area contributed by atoms with E-state index in [4.69, 9.17) is 18.9 Å². The summed E-state index contributed by atoms with van der Waals surface area (Å²) < 4.78 is 23.1. The number of allylic oxidation sites excluding steroid dienone is 18. The normalized spacial score (nSPS) is 13.1. The highest BCUT2D eigenvalue weighted by molar-refractivity contribution is 5.71. The molecule has 0 spiro atoms. The molecule has 0 aromatic rings. The zero-order valence-corrected chi connectivity index (χ0v) is 69.9. The number of rotatable bonds is 84. The van der Waals surface area contributed by atoms with Crippen molar-refractivity contribution in [3.05, 3.63) is 109 Å². The number of carbonyl (C=O) groups excluding carboxylic acids is 2. The van der Waals surface area contributed by atoms with Crippen LogP contribution < -0.4 is 0 Å². The lowest BCUT2D eigenvalue weighted by atomic mass is 10.0. The number of hydrogen-bond donors (Lipinski definition) is 1. The van der Waals surface area contributed by atoms with Crippen LogP contribution in [0.5, 0.6) is 0 Å². The van der Waals surface area contributed by atoms with Crippen LogP contribution in [0.25, 0.3) is 0 Å². The Morgan fingerprint density at radius 1 is 0.295 bits per heavy atom. The van der Waals surface area contributed by atoms with Gasteiger partial charge in [-0.1, -0.05) is 419 Å². The first-order valence-corrected chi connectivity index (χ1v) is 45.1. The van der Waals surface area contributed by atoms with Crippen LogP contribution in [0.1, 0.15) is 425 Å². The van der Waals surface area contributed by atoms with Crippen LogP contribution in [-0.4, -0.2) is 87.4 Å². The molecule has 9 nitrogen and oxygen atoms in total. The van der Waals surface area contributed by atoms with E-state index in [1.807, 2.05) is 21.1 Å². The Morgan fingerprint density at radius 3 is 0.810 bits per heavy atom. The summed E-state index contributed by atoms with van der Waals surface area (Å²) in [5.74, 6) is -1.98. The number of ether oxygens (including phenoxy) is 4. The van der Waals surface area contributed by atoms with E-state index >= 15 is 0 Å². The van der Waals surface area contributed by atoms with E-state index in [1.165, 1.54) is 308 Å². The van der Waals surface area contributed by atoms with E-state index in [2.05, 4.69) is 123 Å². The summed E-state index contributed by atoms with van der Waals surface area (Å²) in [5, 5.41) is 9.80. The Balaban J connectivity index is 3.92. The van der Waals surface area contributed by atoms with Gasteiger partial charge in [0, 0.05) is 12.8 Å². The van der Waals surface area contributed by atoms with Gasteiger partial charge in [0.1, 0.15) is 13.2 Å². The maximum atomic E-state index is 13.0. The Bertz CT molecular complexity index is 2110. The van der Waals surface area contributed by atoms with Crippen LogP contribution in [-0.2, 0) is 33.3 Å². The van der Waals surface area contributed by atoms with Crippen molar-refractivity contribution in [1.82, 2.24) is 0 Å². The van der Waals surface area contributed by atoms with Crippen molar-refractivity contribution in [1.29, 1.82) is 0 Å². The predicted octanol–water partition coefficient (Wildman–Crippen LogP) is 29.6. The molecule has 0 fully saturated rings. The van der Waals surface area contributed by atoms with Crippen molar-refractivity contribution in [3.63, 3.8) is 0 Å². The second-order valence-corrected chi connectivity index (χ2v) is 31.5. The average Bonchev–Trinajstić information content (AvgIpc) is 1.18. The third kappa shape index (κ3) is 87.1. The van der Waals surface area contributed by atoms with Gasteiger partial charge in [0.2, 0.25) is 0 Å². The van der Waals surface area contributed by atoms with Crippen LogP contribution in [0.4, 0.5) is 0 Å². The molecule has 608 valence electrons. The van der Waals surface area contributed by atoms with Crippen molar-refractivity contribution in [3.8, 4) is 0 Å². The van der Waals surface area contributed by atoms with Gasteiger partial charge in [-0.25, -0.2) is 4.79 Å². The minimum Gasteiger partial charge on any atom is -0.477 e. The number of quaternary nitrogens is 1. The van der Waals surface area contributed by atoms with Crippen molar-refractivity contribution in [2.45, 2.75) is 437 Å². The molecule has 1 N–H and O–H groups in total. The minimum atomic E-state index is -1.51. The summed E-state index contributed by atoms with van der Waals surface area (Å²) in [5.41, 5.74) is 0. The zero-order valence-electron chi connectivity index (χ0n) is 69.9. The second-order valence-electron chi connectivity index (χ2n) is 31.5. The van der Waals surface area contributed by atoms with Gasteiger partial charge in [0.05, 0.1) is 34.4 Å². The molecular formula is C96H172NO8+. The van der Waals surface area contributed by atoms with Gasteiger partial charge in [0.25, 0.3) is 6.29 Å². The molecule has 2 atom stereocenters. The van der Waals surface area contributed by atoms with E-state index in [0.717, 1.165) is 89.9 Å². The lowest BCUT2D eigenvalue weighted by molar-refractivity contribution is -0.870. The Labute approximate surface area is 651 Å². The highest BCUT2D eigenvalue weighted by Crippen LogP contribution is 2.20. The van der Waals surface area contributed by atoms with Gasteiger partial charge in [0.15, 0.2) is 6.10 Å². The van der Waals surface area contributed by atoms with Gasteiger partial charge in [-0.2, -0.15) is 0 Å². The number of likely N-dealkylation sites (N-methyl/N-ethyl adjacent to an activating group) is 1. The summed E-state index contributed by atoms with van der Waals surface area (Å²) >= 11 is 0. The fourth-order valence-corrected chi connectivity index (χ4v) is 13.2. The molecule has 0 rings (SSSR count). The van der Waals surface area contributed by atoms with Crippen molar-refractivity contribution >= 4 is 17.9 Å². The highest BCUT2D eigenvalue weighted by atomic mass is 16.7. The number of aliphatic carboxylic acids is 1. The number of nitrogens with zero attached hydrogens (tertiary/aromatic N) is 1. The van der Waals surface area contributed by atoms with Gasteiger partial charge in [-0.15, -0.1) is 0 Å².